The van der Waals surface area contributed by atoms with E-state index < -0.39 is 0 Å². The molecule has 0 saturated carbocycles. The van der Waals surface area contributed by atoms with Gasteiger partial charge in [0.05, 0.1) is 79.3 Å². The number of carbonyl (C=O) groups is 2. The van der Waals surface area contributed by atoms with Gasteiger partial charge in [0.15, 0.2) is 34.6 Å². The van der Waals surface area contributed by atoms with Crippen molar-refractivity contribution in [2.75, 3.05) is 106 Å². The minimum Gasteiger partial charge on any atom is -0.487 e. The van der Waals surface area contributed by atoms with Crippen LogP contribution in [-0.2, 0) is 28.4 Å². The van der Waals surface area contributed by atoms with Crippen molar-refractivity contribution in [3.8, 4) is 23.0 Å². The Morgan fingerprint density at radius 1 is 0.280 bits per heavy atom. The summed E-state index contributed by atoms with van der Waals surface area (Å²) in [5.41, 5.74) is 1.33. The van der Waals surface area contributed by atoms with Gasteiger partial charge in [-0.1, -0.05) is 0 Å². The van der Waals surface area contributed by atoms with Crippen molar-refractivity contribution in [2.45, 2.75) is 0 Å². The second kappa shape index (κ2) is 16.6. The zero-order chi connectivity index (χ0) is 34.1. The molecule has 3 aliphatic rings. The highest BCUT2D eigenvalue weighted by atomic mass is 16.6. The van der Waals surface area contributed by atoms with Crippen LogP contribution >= 0.6 is 0 Å². The van der Waals surface area contributed by atoms with Crippen LogP contribution < -0.4 is 18.9 Å². The van der Waals surface area contributed by atoms with Crippen LogP contribution in [0.4, 0.5) is 0 Å². The first kappa shape index (κ1) is 34.2. The predicted octanol–water partition coefficient (Wildman–Crippen LogP) is 4.41. The first-order chi connectivity index (χ1) is 24.7. The van der Waals surface area contributed by atoms with Crippen molar-refractivity contribution in [1.82, 2.24) is 0 Å². The van der Waals surface area contributed by atoms with Gasteiger partial charge >= 0.3 is 0 Å². The Kier molecular flexibility index (Phi) is 11.3. The van der Waals surface area contributed by atoms with Crippen molar-refractivity contribution >= 4 is 33.1 Å². The Morgan fingerprint density at radius 3 is 0.700 bits per heavy atom. The predicted molar refractivity (Wildman–Crippen MR) is 182 cm³/mol. The standard InChI is InChI=1S/C38H40O12/c39-37-29-17-25-21-33-34(48-14-10-44-6-2-41-1-5-43-9-13-47-33)22-26(25)18-30(29)38(40)32-20-28-24-36-35(23-27(28)19-31(32)37)49-15-11-45-7-3-42-4-8-46-12-16-50-36/h17-24H,1-16H2. The summed E-state index contributed by atoms with van der Waals surface area (Å²) in [5.74, 6) is 1.57. The van der Waals surface area contributed by atoms with Crippen LogP contribution in [0.1, 0.15) is 31.8 Å². The van der Waals surface area contributed by atoms with E-state index in [1.54, 1.807) is 24.3 Å². The smallest absolute Gasteiger partial charge is 0.194 e. The van der Waals surface area contributed by atoms with E-state index in [4.69, 9.17) is 47.4 Å². The van der Waals surface area contributed by atoms with Gasteiger partial charge in [0.1, 0.15) is 26.4 Å². The van der Waals surface area contributed by atoms with E-state index in [9.17, 15) is 9.59 Å². The van der Waals surface area contributed by atoms with Gasteiger partial charge in [-0.25, -0.2) is 0 Å². The number of ether oxygens (including phenoxy) is 10. The third kappa shape index (κ3) is 8.02. The number of hydrogen-bond donors (Lipinski definition) is 0. The highest BCUT2D eigenvalue weighted by Crippen LogP contribution is 2.39. The molecule has 0 amide bonds. The maximum absolute atomic E-state index is 14.1. The van der Waals surface area contributed by atoms with Crippen molar-refractivity contribution in [1.29, 1.82) is 0 Å². The molecular weight excluding hydrogens is 648 g/mol. The van der Waals surface area contributed by atoms with E-state index in [1.807, 2.05) is 24.3 Å². The van der Waals surface area contributed by atoms with E-state index in [0.717, 1.165) is 21.5 Å². The van der Waals surface area contributed by atoms with E-state index in [2.05, 4.69) is 0 Å². The number of rotatable bonds is 0. The Morgan fingerprint density at radius 2 is 0.480 bits per heavy atom. The molecule has 0 radical (unpaired) electrons. The molecule has 0 bridgehead atoms. The molecule has 264 valence electrons. The van der Waals surface area contributed by atoms with Gasteiger partial charge in [-0.05, 0) is 70.1 Å². The molecule has 0 atom stereocenters. The number of carbonyl (C=O) groups excluding carboxylic acids is 2. The average molecular weight is 689 g/mol. The highest BCUT2D eigenvalue weighted by Gasteiger charge is 2.31. The van der Waals surface area contributed by atoms with E-state index >= 15 is 0 Å². The van der Waals surface area contributed by atoms with Crippen molar-refractivity contribution < 1.29 is 57.0 Å². The van der Waals surface area contributed by atoms with Crippen molar-refractivity contribution in [2.24, 2.45) is 0 Å². The van der Waals surface area contributed by atoms with Crippen LogP contribution in [0.5, 0.6) is 23.0 Å². The molecule has 7 rings (SSSR count). The number of fused-ring (bicyclic) bond motifs is 6. The maximum Gasteiger partial charge on any atom is 0.194 e. The van der Waals surface area contributed by atoms with E-state index in [0.29, 0.717) is 151 Å². The van der Waals surface area contributed by atoms with Crippen LogP contribution in [0.2, 0.25) is 0 Å². The Labute approximate surface area is 289 Å². The third-order valence-electron chi connectivity index (χ3n) is 8.49. The molecule has 12 nitrogen and oxygen atoms in total. The highest BCUT2D eigenvalue weighted by molar-refractivity contribution is 6.30. The van der Waals surface area contributed by atoms with Gasteiger partial charge in [-0.2, -0.15) is 0 Å². The molecular formula is C38H40O12. The summed E-state index contributed by atoms with van der Waals surface area (Å²) in [6, 6.07) is 14.3. The monoisotopic (exact) mass is 688 g/mol. The number of benzene rings is 4. The van der Waals surface area contributed by atoms with E-state index in [1.165, 1.54) is 0 Å². The Hall–Kier alpha value is -4.30. The van der Waals surface area contributed by atoms with E-state index in [-0.39, 0.29) is 11.6 Å². The van der Waals surface area contributed by atoms with Crippen LogP contribution in [0.3, 0.4) is 0 Å². The third-order valence-corrected chi connectivity index (χ3v) is 8.49. The van der Waals surface area contributed by atoms with Gasteiger partial charge in [-0.15, -0.1) is 0 Å². The van der Waals surface area contributed by atoms with Gasteiger partial charge in [0.25, 0.3) is 0 Å². The normalized spacial score (nSPS) is 19.0. The summed E-state index contributed by atoms with van der Waals surface area (Å²) in [6.07, 6.45) is 0. The molecule has 4 aromatic rings. The quantitative estimate of drug-likeness (QED) is 0.229. The molecule has 0 aromatic heterocycles. The average Bonchev–Trinajstić information content (AvgIpc) is 3.14. The molecule has 0 unspecified atom stereocenters. The summed E-state index contributed by atoms with van der Waals surface area (Å²) in [4.78, 5) is 28.1. The van der Waals surface area contributed by atoms with Crippen LogP contribution in [0.15, 0.2) is 48.5 Å². The van der Waals surface area contributed by atoms with Crippen LogP contribution in [0, 0.1) is 0 Å². The fourth-order valence-electron chi connectivity index (χ4n) is 6.03. The topological polar surface area (TPSA) is 126 Å². The molecule has 2 aliphatic heterocycles. The molecule has 12 heteroatoms. The first-order valence-corrected chi connectivity index (χ1v) is 17.0. The summed E-state index contributed by atoms with van der Waals surface area (Å²) >= 11 is 0. The summed E-state index contributed by atoms with van der Waals surface area (Å²) < 4.78 is 57.6. The SMILES string of the molecule is O=C1c2cc3cc4c(cc3cc2C(=O)c2cc3cc5c(cc3cc21)OCCOCCOCCOCCO5)OCCOCCOCCOCCO4. The second-order valence-electron chi connectivity index (χ2n) is 11.8. The van der Waals surface area contributed by atoms with Gasteiger partial charge in [0, 0.05) is 22.3 Å². The molecule has 0 fully saturated rings. The molecule has 2 heterocycles. The fourth-order valence-corrected chi connectivity index (χ4v) is 6.03. The first-order valence-electron chi connectivity index (χ1n) is 17.0. The number of ketones is 2. The number of hydrogen-bond acceptors (Lipinski definition) is 12. The largest absolute Gasteiger partial charge is 0.487 e. The van der Waals surface area contributed by atoms with Crippen LogP contribution in [-0.4, -0.2) is 117 Å². The Balaban J connectivity index is 1.19. The minimum atomic E-state index is -0.236. The lowest BCUT2D eigenvalue weighted by Gasteiger charge is -2.21. The summed E-state index contributed by atoms with van der Waals surface area (Å²) in [6.45, 7) is 6.40. The lowest BCUT2D eigenvalue weighted by Crippen LogP contribution is -2.21. The molecule has 0 spiro atoms. The van der Waals surface area contributed by atoms with Gasteiger partial charge in [-0.3, -0.25) is 9.59 Å². The molecule has 50 heavy (non-hydrogen) atoms. The minimum absolute atomic E-state index is 0.236. The van der Waals surface area contributed by atoms with Gasteiger partial charge < -0.3 is 47.4 Å². The molecule has 1 aliphatic carbocycles. The second-order valence-corrected chi connectivity index (χ2v) is 11.8. The summed E-state index contributed by atoms with van der Waals surface area (Å²) in [5, 5.41) is 2.97. The molecule has 4 aromatic carbocycles. The van der Waals surface area contributed by atoms with Crippen LogP contribution in [0.25, 0.3) is 21.5 Å². The Bertz CT molecular complexity index is 1580. The lowest BCUT2D eigenvalue weighted by molar-refractivity contribution is 0.00708. The fraction of sp³-hybridized carbons (Fsp3) is 0.421. The zero-order valence-electron chi connectivity index (χ0n) is 27.8. The lowest BCUT2D eigenvalue weighted by atomic mass is 9.81. The maximum atomic E-state index is 14.1. The molecule has 0 saturated heterocycles. The van der Waals surface area contributed by atoms with Gasteiger partial charge in [0.2, 0.25) is 0 Å². The van der Waals surface area contributed by atoms with Crippen molar-refractivity contribution in [3.05, 3.63) is 70.8 Å². The molecule has 0 N–H and O–H groups in total. The zero-order valence-corrected chi connectivity index (χ0v) is 27.8. The summed E-state index contributed by atoms with van der Waals surface area (Å²) in [7, 11) is 0. The van der Waals surface area contributed by atoms with Crippen molar-refractivity contribution in [3.63, 3.8) is 0 Å².